The zero-order valence-corrected chi connectivity index (χ0v) is 12.5. The first-order chi connectivity index (χ1) is 10.4. The summed E-state index contributed by atoms with van der Waals surface area (Å²) in [6.07, 6.45) is 3.02. The molecule has 1 N–H and O–H groups in total. The van der Waals surface area contributed by atoms with E-state index in [1.165, 1.54) is 6.42 Å². The van der Waals surface area contributed by atoms with Gasteiger partial charge >= 0.3 is 0 Å². The Hall–Kier alpha value is -1.01. The second-order valence-electron chi connectivity index (χ2n) is 5.79. The summed E-state index contributed by atoms with van der Waals surface area (Å²) in [5.41, 5.74) is 1.10. The highest BCUT2D eigenvalue weighted by Crippen LogP contribution is 2.21. The Bertz CT molecular complexity index is 403. The molecule has 5 heteroatoms. The fourth-order valence-corrected chi connectivity index (χ4v) is 3.21. The molecule has 2 aliphatic heterocycles. The van der Waals surface area contributed by atoms with E-state index in [4.69, 9.17) is 9.47 Å². The summed E-state index contributed by atoms with van der Waals surface area (Å²) in [5, 5.41) is 3.58. The highest BCUT2D eigenvalue weighted by Gasteiger charge is 2.31. The summed E-state index contributed by atoms with van der Waals surface area (Å²) in [4.78, 5) is 6.93. The Morgan fingerprint density at radius 1 is 1.24 bits per heavy atom. The number of aromatic nitrogens is 1. The maximum Gasteiger partial charge on any atom is 0.0594 e. The van der Waals surface area contributed by atoms with Gasteiger partial charge in [0.25, 0.3) is 0 Å². The molecule has 2 saturated heterocycles. The normalized spacial score (nSPS) is 25.0. The standard InChI is InChI=1S/C16H25N3O2/c1-2-5-18-15(3-1)11-17-12-16(14-4-8-21-13-14)19-6-9-20-10-7-19/h1-3,5,14,16-17H,4,6-13H2/t14-,16-/m1/s1. The van der Waals surface area contributed by atoms with Crippen LogP contribution in [0.4, 0.5) is 0 Å². The number of nitrogens with one attached hydrogen (secondary N) is 1. The van der Waals surface area contributed by atoms with E-state index in [9.17, 15) is 0 Å². The van der Waals surface area contributed by atoms with Gasteiger partial charge in [0.1, 0.15) is 0 Å². The van der Waals surface area contributed by atoms with Gasteiger partial charge in [0.05, 0.1) is 25.5 Å². The fraction of sp³-hybridized carbons (Fsp3) is 0.688. The first kappa shape index (κ1) is 14.9. The molecule has 0 aliphatic carbocycles. The number of ether oxygens (including phenoxy) is 2. The van der Waals surface area contributed by atoms with Crippen molar-refractivity contribution >= 4 is 0 Å². The summed E-state index contributed by atoms with van der Waals surface area (Å²) in [7, 11) is 0. The molecule has 0 bridgehead atoms. The Labute approximate surface area is 126 Å². The molecule has 116 valence electrons. The Morgan fingerprint density at radius 3 is 2.86 bits per heavy atom. The van der Waals surface area contributed by atoms with E-state index in [1.54, 1.807) is 0 Å². The van der Waals surface area contributed by atoms with Gasteiger partial charge in [0, 0.05) is 50.9 Å². The van der Waals surface area contributed by atoms with Crippen molar-refractivity contribution in [3.63, 3.8) is 0 Å². The number of rotatable bonds is 6. The summed E-state index contributed by atoms with van der Waals surface area (Å²) >= 11 is 0. The third kappa shape index (κ3) is 4.23. The second kappa shape index (κ2) is 7.84. The van der Waals surface area contributed by atoms with Crippen LogP contribution in [0.5, 0.6) is 0 Å². The van der Waals surface area contributed by atoms with Gasteiger partial charge in [0.15, 0.2) is 0 Å². The third-order valence-electron chi connectivity index (χ3n) is 4.41. The lowest BCUT2D eigenvalue weighted by atomic mass is 9.97. The van der Waals surface area contributed by atoms with E-state index in [0.717, 1.165) is 58.3 Å². The molecule has 1 aromatic heterocycles. The molecule has 2 fully saturated rings. The van der Waals surface area contributed by atoms with Gasteiger partial charge in [-0.25, -0.2) is 0 Å². The number of hydrogen-bond donors (Lipinski definition) is 1. The van der Waals surface area contributed by atoms with Crippen molar-refractivity contribution in [1.29, 1.82) is 0 Å². The van der Waals surface area contributed by atoms with Crippen LogP contribution in [0.2, 0.25) is 0 Å². The molecule has 3 heterocycles. The smallest absolute Gasteiger partial charge is 0.0594 e. The molecule has 0 spiro atoms. The van der Waals surface area contributed by atoms with Crippen LogP contribution in [-0.2, 0) is 16.0 Å². The van der Waals surface area contributed by atoms with Crippen LogP contribution < -0.4 is 5.32 Å². The quantitative estimate of drug-likeness (QED) is 0.844. The molecule has 5 nitrogen and oxygen atoms in total. The van der Waals surface area contributed by atoms with Crippen LogP contribution >= 0.6 is 0 Å². The molecular formula is C16H25N3O2. The van der Waals surface area contributed by atoms with Gasteiger partial charge in [0.2, 0.25) is 0 Å². The fourth-order valence-electron chi connectivity index (χ4n) is 3.21. The van der Waals surface area contributed by atoms with Crippen molar-refractivity contribution in [2.24, 2.45) is 5.92 Å². The summed E-state index contributed by atoms with van der Waals surface area (Å²) in [6.45, 7) is 7.40. The van der Waals surface area contributed by atoms with Crippen LogP contribution in [0.15, 0.2) is 24.4 Å². The summed E-state index contributed by atoms with van der Waals surface area (Å²) in [5.74, 6) is 0.638. The number of hydrogen-bond acceptors (Lipinski definition) is 5. The van der Waals surface area contributed by atoms with Gasteiger partial charge in [-0.15, -0.1) is 0 Å². The summed E-state index contributed by atoms with van der Waals surface area (Å²) in [6, 6.07) is 6.60. The maximum absolute atomic E-state index is 5.60. The van der Waals surface area contributed by atoms with Crippen molar-refractivity contribution < 1.29 is 9.47 Å². The Balaban J connectivity index is 1.53. The average Bonchev–Trinajstić information content (AvgIpc) is 3.07. The predicted molar refractivity (Wildman–Crippen MR) is 81.0 cm³/mol. The lowest BCUT2D eigenvalue weighted by molar-refractivity contribution is 0.00135. The topological polar surface area (TPSA) is 46.6 Å². The molecule has 0 amide bonds. The van der Waals surface area contributed by atoms with Crippen molar-refractivity contribution in [2.45, 2.75) is 19.0 Å². The molecule has 2 atom stereocenters. The summed E-state index contributed by atoms with van der Waals surface area (Å²) < 4.78 is 11.1. The van der Waals surface area contributed by atoms with Crippen molar-refractivity contribution in [1.82, 2.24) is 15.2 Å². The van der Waals surface area contributed by atoms with E-state index < -0.39 is 0 Å². The Morgan fingerprint density at radius 2 is 2.14 bits per heavy atom. The van der Waals surface area contributed by atoms with Gasteiger partial charge < -0.3 is 14.8 Å². The van der Waals surface area contributed by atoms with Crippen LogP contribution in [0.25, 0.3) is 0 Å². The lowest BCUT2D eigenvalue weighted by Crippen LogP contribution is -2.51. The minimum atomic E-state index is 0.542. The SMILES string of the molecule is c1ccc(CNC[C@H]([C@@H]2CCOC2)N2CCOCC2)nc1. The molecular weight excluding hydrogens is 266 g/mol. The monoisotopic (exact) mass is 291 g/mol. The number of morpholine rings is 1. The van der Waals surface area contributed by atoms with Crippen LogP contribution in [0.1, 0.15) is 12.1 Å². The van der Waals surface area contributed by atoms with Gasteiger partial charge in [-0.2, -0.15) is 0 Å². The molecule has 0 aromatic carbocycles. The van der Waals surface area contributed by atoms with E-state index >= 15 is 0 Å². The molecule has 21 heavy (non-hydrogen) atoms. The highest BCUT2D eigenvalue weighted by atomic mass is 16.5. The highest BCUT2D eigenvalue weighted by molar-refractivity contribution is 5.03. The zero-order chi connectivity index (χ0) is 14.3. The Kier molecular flexibility index (Phi) is 5.57. The maximum atomic E-state index is 5.60. The van der Waals surface area contributed by atoms with Gasteiger partial charge in [-0.05, 0) is 18.6 Å². The minimum Gasteiger partial charge on any atom is -0.381 e. The lowest BCUT2D eigenvalue weighted by Gasteiger charge is -2.37. The predicted octanol–water partition coefficient (Wildman–Crippen LogP) is 0.908. The van der Waals surface area contributed by atoms with Crippen molar-refractivity contribution in [3.05, 3.63) is 30.1 Å². The zero-order valence-electron chi connectivity index (χ0n) is 12.5. The van der Waals surface area contributed by atoms with Gasteiger partial charge in [-0.3, -0.25) is 9.88 Å². The van der Waals surface area contributed by atoms with E-state index in [0.29, 0.717) is 12.0 Å². The van der Waals surface area contributed by atoms with Crippen molar-refractivity contribution in [2.75, 3.05) is 46.1 Å². The number of nitrogens with zero attached hydrogens (tertiary/aromatic N) is 2. The molecule has 1 aromatic rings. The molecule has 0 unspecified atom stereocenters. The molecule has 0 radical (unpaired) electrons. The first-order valence-corrected chi connectivity index (χ1v) is 7.93. The molecule has 3 rings (SSSR count). The van der Waals surface area contributed by atoms with E-state index in [1.807, 2.05) is 18.3 Å². The van der Waals surface area contributed by atoms with E-state index in [-0.39, 0.29) is 0 Å². The van der Waals surface area contributed by atoms with Crippen LogP contribution in [0.3, 0.4) is 0 Å². The molecule has 0 saturated carbocycles. The average molecular weight is 291 g/mol. The van der Waals surface area contributed by atoms with Crippen molar-refractivity contribution in [3.8, 4) is 0 Å². The second-order valence-corrected chi connectivity index (χ2v) is 5.79. The van der Waals surface area contributed by atoms with Crippen LogP contribution in [0, 0.1) is 5.92 Å². The third-order valence-corrected chi connectivity index (χ3v) is 4.41. The minimum absolute atomic E-state index is 0.542. The number of pyridine rings is 1. The van der Waals surface area contributed by atoms with Gasteiger partial charge in [-0.1, -0.05) is 6.07 Å². The largest absolute Gasteiger partial charge is 0.381 e. The molecule has 2 aliphatic rings. The first-order valence-electron chi connectivity index (χ1n) is 7.93. The van der Waals surface area contributed by atoms with E-state index in [2.05, 4.69) is 21.3 Å². The van der Waals surface area contributed by atoms with Crippen LogP contribution in [-0.4, -0.2) is 62.0 Å².